The van der Waals surface area contributed by atoms with Crippen LogP contribution in [0.3, 0.4) is 0 Å². The van der Waals surface area contributed by atoms with Gasteiger partial charge in [0.05, 0.1) is 16.2 Å². The molecule has 0 spiro atoms. The van der Waals surface area contributed by atoms with Gasteiger partial charge in [0.25, 0.3) is 11.8 Å². The molecule has 2 aliphatic heterocycles. The number of hydrogen-bond acceptors (Lipinski definition) is 5. The molecule has 0 unspecified atom stereocenters. The lowest BCUT2D eigenvalue weighted by Gasteiger charge is -2.14. The first-order valence-electron chi connectivity index (χ1n) is 7.86. The van der Waals surface area contributed by atoms with Crippen LogP contribution in [0.4, 0.5) is 5.69 Å². The Kier molecular flexibility index (Phi) is 4.91. The Hall–Kier alpha value is -2.19. The van der Waals surface area contributed by atoms with Crippen LogP contribution in [0.5, 0.6) is 0 Å². The Morgan fingerprint density at radius 2 is 1.92 bits per heavy atom. The van der Waals surface area contributed by atoms with Gasteiger partial charge in [-0.05, 0) is 19.4 Å². The molecule has 3 rings (SSSR count). The van der Waals surface area contributed by atoms with Gasteiger partial charge in [0.1, 0.15) is 4.32 Å². The van der Waals surface area contributed by atoms with Crippen molar-refractivity contribution in [1.82, 2.24) is 4.90 Å². The van der Waals surface area contributed by atoms with Crippen molar-refractivity contribution in [3.63, 3.8) is 0 Å². The molecule has 2 amide bonds. The van der Waals surface area contributed by atoms with Gasteiger partial charge < -0.3 is 10.0 Å². The van der Waals surface area contributed by atoms with E-state index in [1.54, 1.807) is 4.90 Å². The van der Waals surface area contributed by atoms with Gasteiger partial charge in [-0.25, -0.2) is 0 Å². The van der Waals surface area contributed by atoms with Crippen molar-refractivity contribution < 1.29 is 19.5 Å². The molecular formula is C17H16N2O4S2. The number of thioether (sulfide) groups is 1. The zero-order chi connectivity index (χ0) is 18.1. The molecular weight excluding hydrogens is 360 g/mol. The van der Waals surface area contributed by atoms with Crippen molar-refractivity contribution >= 4 is 57.3 Å². The number of fused-ring (bicyclic) bond motifs is 1. The molecule has 1 saturated heterocycles. The summed E-state index contributed by atoms with van der Waals surface area (Å²) in [5, 5.41) is 8.74. The minimum absolute atomic E-state index is 0.0334. The monoisotopic (exact) mass is 376 g/mol. The second-order valence-corrected chi connectivity index (χ2v) is 7.24. The van der Waals surface area contributed by atoms with Crippen molar-refractivity contribution in [3.8, 4) is 0 Å². The van der Waals surface area contributed by atoms with Crippen molar-refractivity contribution in [3.05, 3.63) is 34.7 Å². The fourth-order valence-corrected chi connectivity index (χ4v) is 4.32. The number of likely N-dealkylation sites (N-methyl/N-ethyl adjacent to an activating group) is 1. The number of hydrogen-bond donors (Lipinski definition) is 1. The van der Waals surface area contributed by atoms with E-state index in [0.29, 0.717) is 27.8 Å². The summed E-state index contributed by atoms with van der Waals surface area (Å²) in [5.41, 5.74) is 1.91. The summed E-state index contributed by atoms with van der Waals surface area (Å²) in [6.45, 7) is 2.63. The van der Waals surface area contributed by atoms with Gasteiger partial charge >= 0.3 is 5.97 Å². The predicted octanol–water partition coefficient (Wildman–Crippen LogP) is 2.49. The van der Waals surface area contributed by atoms with Crippen LogP contribution in [-0.4, -0.2) is 45.2 Å². The van der Waals surface area contributed by atoms with Gasteiger partial charge in [-0.15, -0.1) is 0 Å². The summed E-state index contributed by atoms with van der Waals surface area (Å²) in [5.74, 6) is -1.44. The highest BCUT2D eigenvalue weighted by atomic mass is 32.2. The predicted molar refractivity (Wildman–Crippen MR) is 100 cm³/mol. The summed E-state index contributed by atoms with van der Waals surface area (Å²) < 4.78 is 0.359. The quantitative estimate of drug-likeness (QED) is 0.628. The largest absolute Gasteiger partial charge is 0.481 e. The van der Waals surface area contributed by atoms with Crippen LogP contribution >= 0.6 is 24.0 Å². The van der Waals surface area contributed by atoms with E-state index in [2.05, 4.69) is 0 Å². The Bertz CT molecular complexity index is 819. The molecule has 0 radical (unpaired) electrons. The Balaban J connectivity index is 1.95. The highest BCUT2D eigenvalue weighted by molar-refractivity contribution is 8.26. The number of thiocarbonyl (C=S) groups is 1. The standard InChI is InChI=1S/C17H16N2O4S2/c1-2-18-11-7-4-3-6-10(11)13(15(18)22)14-16(23)19(17(24)25-14)9-5-8-12(20)21/h3-4,6-7H,2,5,8-9H2,1H3,(H,20,21)/b14-13-. The number of carbonyl (C=O) groups is 3. The van der Waals surface area contributed by atoms with Gasteiger partial charge in [-0.2, -0.15) is 0 Å². The van der Waals surface area contributed by atoms with Crippen LogP contribution in [0.15, 0.2) is 29.2 Å². The second-order valence-electron chi connectivity index (χ2n) is 5.59. The molecule has 0 bridgehead atoms. The van der Waals surface area contributed by atoms with E-state index in [-0.39, 0.29) is 24.8 Å². The normalized spacial score (nSPS) is 19.8. The van der Waals surface area contributed by atoms with Crippen molar-refractivity contribution in [2.24, 2.45) is 0 Å². The Morgan fingerprint density at radius 1 is 1.20 bits per heavy atom. The number of nitrogens with zero attached hydrogens (tertiary/aromatic N) is 2. The minimum atomic E-state index is -0.915. The topological polar surface area (TPSA) is 77.9 Å². The van der Waals surface area contributed by atoms with Crippen LogP contribution < -0.4 is 4.90 Å². The van der Waals surface area contributed by atoms with E-state index >= 15 is 0 Å². The summed E-state index contributed by atoms with van der Waals surface area (Å²) in [6, 6.07) is 7.38. The van der Waals surface area contributed by atoms with Crippen LogP contribution in [0.2, 0.25) is 0 Å². The molecule has 6 nitrogen and oxygen atoms in total. The molecule has 2 heterocycles. The van der Waals surface area contributed by atoms with Gasteiger partial charge in [-0.3, -0.25) is 19.3 Å². The summed E-state index contributed by atoms with van der Waals surface area (Å²) in [4.78, 5) is 39.6. The highest BCUT2D eigenvalue weighted by Gasteiger charge is 2.41. The molecule has 0 saturated carbocycles. The number of para-hydroxylation sites is 1. The van der Waals surface area contributed by atoms with Crippen molar-refractivity contribution in [2.75, 3.05) is 18.0 Å². The number of amides is 2. The average molecular weight is 376 g/mol. The minimum Gasteiger partial charge on any atom is -0.481 e. The van der Waals surface area contributed by atoms with E-state index in [1.807, 2.05) is 31.2 Å². The maximum absolute atomic E-state index is 12.8. The van der Waals surface area contributed by atoms with Crippen LogP contribution in [0.1, 0.15) is 25.3 Å². The number of anilines is 1. The van der Waals surface area contributed by atoms with E-state index in [1.165, 1.54) is 4.90 Å². The van der Waals surface area contributed by atoms with Crippen molar-refractivity contribution in [1.29, 1.82) is 0 Å². The smallest absolute Gasteiger partial charge is 0.303 e. The molecule has 0 aliphatic carbocycles. The zero-order valence-electron chi connectivity index (χ0n) is 13.5. The summed E-state index contributed by atoms with van der Waals surface area (Å²) in [6.07, 6.45) is 0.282. The SMILES string of the molecule is CCN1C(=O)/C(=C2\SC(=S)N(CCCC(=O)O)C2=O)c2ccccc21. The first kappa shape index (κ1) is 17.6. The van der Waals surface area contributed by atoms with E-state index < -0.39 is 5.97 Å². The fraction of sp³-hybridized carbons (Fsp3) is 0.294. The Morgan fingerprint density at radius 3 is 2.60 bits per heavy atom. The second kappa shape index (κ2) is 6.97. The number of aliphatic carboxylic acids is 1. The number of carboxylic acids is 1. The maximum atomic E-state index is 12.8. The van der Waals surface area contributed by atoms with Crippen LogP contribution in [0.25, 0.3) is 5.57 Å². The van der Waals surface area contributed by atoms with E-state index in [0.717, 1.165) is 23.0 Å². The third-order valence-electron chi connectivity index (χ3n) is 4.09. The molecule has 0 atom stereocenters. The van der Waals surface area contributed by atoms with Crippen LogP contribution in [0, 0.1) is 0 Å². The fourth-order valence-electron chi connectivity index (χ4n) is 2.94. The zero-order valence-corrected chi connectivity index (χ0v) is 15.2. The molecule has 2 aliphatic rings. The number of benzene rings is 1. The lowest BCUT2D eigenvalue weighted by molar-refractivity contribution is -0.137. The van der Waals surface area contributed by atoms with Crippen LogP contribution in [-0.2, 0) is 14.4 Å². The molecule has 8 heteroatoms. The first-order chi connectivity index (χ1) is 12.0. The van der Waals surface area contributed by atoms with Crippen molar-refractivity contribution in [2.45, 2.75) is 19.8 Å². The molecule has 1 aromatic rings. The Labute approximate surface area is 154 Å². The molecule has 1 aromatic carbocycles. The molecule has 0 aromatic heterocycles. The van der Waals surface area contributed by atoms with Gasteiger partial charge in [0.15, 0.2) is 0 Å². The number of rotatable bonds is 5. The summed E-state index contributed by atoms with van der Waals surface area (Å²) >= 11 is 6.38. The highest BCUT2D eigenvalue weighted by Crippen LogP contribution is 2.44. The van der Waals surface area contributed by atoms with Gasteiger partial charge in [-0.1, -0.05) is 42.2 Å². The average Bonchev–Trinajstić information content (AvgIpc) is 3.01. The van der Waals surface area contributed by atoms with E-state index in [4.69, 9.17) is 17.3 Å². The maximum Gasteiger partial charge on any atom is 0.303 e. The first-order valence-corrected chi connectivity index (χ1v) is 9.09. The number of carbonyl (C=O) groups excluding carboxylic acids is 2. The van der Waals surface area contributed by atoms with E-state index in [9.17, 15) is 14.4 Å². The molecule has 1 fully saturated rings. The number of carboxylic acid groups (broad SMARTS) is 1. The summed E-state index contributed by atoms with van der Waals surface area (Å²) in [7, 11) is 0. The lowest BCUT2D eigenvalue weighted by Crippen LogP contribution is -2.30. The third kappa shape index (κ3) is 3.07. The van der Waals surface area contributed by atoms with Gasteiger partial charge in [0, 0.05) is 25.1 Å². The lowest BCUT2D eigenvalue weighted by atomic mass is 10.1. The third-order valence-corrected chi connectivity index (χ3v) is 5.54. The molecule has 1 N–H and O–H groups in total. The molecule has 130 valence electrons. The molecule has 25 heavy (non-hydrogen) atoms. The van der Waals surface area contributed by atoms with Gasteiger partial charge in [0.2, 0.25) is 0 Å².